The summed E-state index contributed by atoms with van der Waals surface area (Å²) in [6, 6.07) is 10.9. The van der Waals surface area contributed by atoms with Gasteiger partial charge < -0.3 is 19.8 Å². The molecule has 4 rings (SSSR count). The predicted octanol–water partition coefficient (Wildman–Crippen LogP) is 2.26. The molecular formula is C24H25FN4O4. The van der Waals surface area contributed by atoms with Gasteiger partial charge in [-0.3, -0.25) is 9.36 Å². The van der Waals surface area contributed by atoms with E-state index in [1.165, 1.54) is 17.7 Å². The number of aromatic nitrogens is 1. The summed E-state index contributed by atoms with van der Waals surface area (Å²) in [6.45, 7) is 0.820. The van der Waals surface area contributed by atoms with Crippen molar-refractivity contribution in [3.8, 4) is 17.2 Å². The van der Waals surface area contributed by atoms with Gasteiger partial charge in [0.25, 0.3) is 5.91 Å². The van der Waals surface area contributed by atoms with E-state index in [-0.39, 0.29) is 18.4 Å². The third-order valence-corrected chi connectivity index (χ3v) is 6.05. The van der Waals surface area contributed by atoms with Crippen LogP contribution in [0.2, 0.25) is 0 Å². The molecule has 1 aliphatic rings. The molecule has 3 atom stereocenters. The quantitative estimate of drug-likeness (QED) is 0.569. The number of hydrogen-bond acceptors (Lipinski definition) is 6. The minimum Gasteiger partial charge on any atom is -0.408 e. The van der Waals surface area contributed by atoms with Crippen molar-refractivity contribution in [1.29, 1.82) is 5.26 Å². The molecule has 2 aromatic carbocycles. The van der Waals surface area contributed by atoms with Crippen molar-refractivity contribution in [3.63, 3.8) is 0 Å². The molecule has 33 heavy (non-hydrogen) atoms. The number of rotatable bonds is 7. The fourth-order valence-corrected chi connectivity index (χ4v) is 4.23. The van der Waals surface area contributed by atoms with Crippen LogP contribution in [0.5, 0.6) is 0 Å². The smallest absolute Gasteiger partial charge is 0.408 e. The van der Waals surface area contributed by atoms with Crippen LogP contribution in [-0.2, 0) is 23.0 Å². The Morgan fingerprint density at radius 3 is 2.79 bits per heavy atom. The number of methoxy groups -OCH3 is 1. The van der Waals surface area contributed by atoms with Gasteiger partial charge in [0.05, 0.1) is 11.6 Å². The number of benzene rings is 2. The fourth-order valence-electron chi connectivity index (χ4n) is 4.23. The van der Waals surface area contributed by atoms with Gasteiger partial charge in [0.2, 0.25) is 0 Å². The lowest BCUT2D eigenvalue weighted by Crippen LogP contribution is -2.50. The van der Waals surface area contributed by atoms with E-state index in [0.717, 1.165) is 24.9 Å². The molecule has 3 aromatic rings. The zero-order chi connectivity index (χ0) is 23.5. The lowest BCUT2D eigenvalue weighted by molar-refractivity contribution is -0.132. The summed E-state index contributed by atoms with van der Waals surface area (Å²) >= 11 is 0. The van der Waals surface area contributed by atoms with E-state index in [1.54, 1.807) is 37.4 Å². The lowest BCUT2D eigenvalue weighted by atomic mass is 9.99. The van der Waals surface area contributed by atoms with Crippen LogP contribution in [-0.4, -0.2) is 42.3 Å². The van der Waals surface area contributed by atoms with Crippen molar-refractivity contribution in [2.75, 3.05) is 13.7 Å². The summed E-state index contributed by atoms with van der Waals surface area (Å²) in [5, 5.41) is 15.4. The number of hydrogen-bond donors (Lipinski definition) is 2. The van der Waals surface area contributed by atoms with Crippen molar-refractivity contribution in [2.45, 2.75) is 37.5 Å². The Morgan fingerprint density at radius 1 is 1.36 bits per heavy atom. The van der Waals surface area contributed by atoms with Crippen LogP contribution >= 0.6 is 0 Å². The summed E-state index contributed by atoms with van der Waals surface area (Å²) in [7, 11) is 3.07. The van der Waals surface area contributed by atoms with E-state index in [0.29, 0.717) is 22.2 Å². The Kier molecular flexibility index (Phi) is 6.58. The van der Waals surface area contributed by atoms with E-state index < -0.39 is 23.7 Å². The van der Waals surface area contributed by atoms with Crippen LogP contribution < -0.4 is 16.4 Å². The number of nitrogens with one attached hydrogen (secondary N) is 2. The normalized spacial score (nSPS) is 17.6. The van der Waals surface area contributed by atoms with Crippen LogP contribution in [0.1, 0.15) is 18.4 Å². The SMILES string of the molecule is CO[C@H](C(=O)N[C@H](C#N)Cc1ccc(-c2ccc3oc(=O)n(C)c3c2)cc1F)[C@@H]1CCCN1. The first kappa shape index (κ1) is 22.7. The van der Waals surface area contributed by atoms with E-state index in [2.05, 4.69) is 10.6 Å². The van der Waals surface area contributed by atoms with Crippen molar-refractivity contribution in [2.24, 2.45) is 7.05 Å². The standard InChI is InChI=1S/C24H25FN4O4/c1-29-20-12-15(7-8-21(20)33-24(29)31)14-5-6-16(18(25)11-14)10-17(13-26)28-23(30)22(32-2)19-4-3-9-27-19/h5-8,11-12,17,19,22,27H,3-4,9-10H2,1-2H3,(H,28,30)/t17-,19-,22-/m0/s1. The summed E-state index contributed by atoms with van der Waals surface area (Å²) in [5.74, 6) is -1.34. The molecule has 1 fully saturated rings. The first-order valence-electron chi connectivity index (χ1n) is 10.8. The molecule has 2 N–H and O–H groups in total. The molecule has 172 valence electrons. The molecule has 0 radical (unpaired) electrons. The molecule has 0 bridgehead atoms. The molecule has 1 aliphatic heterocycles. The Hall–Kier alpha value is -3.48. The maximum atomic E-state index is 14.9. The van der Waals surface area contributed by atoms with Crippen molar-refractivity contribution < 1.29 is 18.3 Å². The molecular weight excluding hydrogens is 427 g/mol. The predicted molar refractivity (Wildman–Crippen MR) is 120 cm³/mol. The van der Waals surface area contributed by atoms with Gasteiger partial charge in [-0.2, -0.15) is 5.26 Å². The zero-order valence-electron chi connectivity index (χ0n) is 18.4. The number of aryl methyl sites for hydroxylation is 1. The molecule has 8 nitrogen and oxygen atoms in total. The molecule has 2 heterocycles. The molecule has 0 saturated carbocycles. The Morgan fingerprint density at radius 2 is 2.12 bits per heavy atom. The molecule has 0 unspecified atom stereocenters. The molecule has 1 aromatic heterocycles. The van der Waals surface area contributed by atoms with E-state index >= 15 is 0 Å². The summed E-state index contributed by atoms with van der Waals surface area (Å²) in [6.07, 6.45) is 1.10. The molecule has 0 aliphatic carbocycles. The van der Waals surface area contributed by atoms with Gasteiger partial charge in [-0.1, -0.05) is 18.2 Å². The average Bonchev–Trinajstić information content (AvgIpc) is 3.43. The van der Waals surface area contributed by atoms with Crippen molar-refractivity contribution >= 4 is 17.0 Å². The summed E-state index contributed by atoms with van der Waals surface area (Å²) in [4.78, 5) is 24.3. The second-order valence-electron chi connectivity index (χ2n) is 8.17. The number of nitrogens with zero attached hydrogens (tertiary/aromatic N) is 2. The highest BCUT2D eigenvalue weighted by Gasteiger charge is 2.31. The van der Waals surface area contributed by atoms with Crippen LogP contribution in [0.3, 0.4) is 0 Å². The number of oxazole rings is 1. The number of carbonyl (C=O) groups is 1. The molecule has 1 amide bonds. The van der Waals surface area contributed by atoms with E-state index in [9.17, 15) is 19.2 Å². The second kappa shape index (κ2) is 9.57. The Balaban J connectivity index is 1.49. The van der Waals surface area contributed by atoms with Gasteiger partial charge in [0, 0.05) is 26.6 Å². The zero-order valence-corrected chi connectivity index (χ0v) is 18.4. The average molecular weight is 452 g/mol. The first-order valence-corrected chi connectivity index (χ1v) is 10.8. The largest absolute Gasteiger partial charge is 0.419 e. The van der Waals surface area contributed by atoms with Crippen LogP contribution in [0.4, 0.5) is 4.39 Å². The maximum Gasteiger partial charge on any atom is 0.419 e. The number of nitriles is 1. The van der Waals surface area contributed by atoms with Gasteiger partial charge in [-0.05, 0) is 54.3 Å². The fraction of sp³-hybridized carbons (Fsp3) is 0.375. The van der Waals surface area contributed by atoms with Crippen LogP contribution in [0, 0.1) is 17.1 Å². The third-order valence-electron chi connectivity index (χ3n) is 6.05. The summed E-state index contributed by atoms with van der Waals surface area (Å²) < 4.78 is 26.8. The van der Waals surface area contributed by atoms with Gasteiger partial charge in [-0.15, -0.1) is 0 Å². The minimum atomic E-state index is -0.895. The monoisotopic (exact) mass is 452 g/mol. The Bertz CT molecular complexity index is 1270. The number of carbonyl (C=O) groups excluding carboxylic acids is 1. The van der Waals surface area contributed by atoms with Crippen LogP contribution in [0.25, 0.3) is 22.2 Å². The molecule has 0 spiro atoms. The van der Waals surface area contributed by atoms with E-state index in [4.69, 9.17) is 9.15 Å². The van der Waals surface area contributed by atoms with Gasteiger partial charge >= 0.3 is 5.76 Å². The van der Waals surface area contributed by atoms with Gasteiger partial charge in [0.15, 0.2) is 11.7 Å². The first-order chi connectivity index (χ1) is 15.9. The second-order valence-corrected chi connectivity index (χ2v) is 8.17. The number of halogens is 1. The third kappa shape index (κ3) is 4.67. The highest BCUT2D eigenvalue weighted by molar-refractivity contribution is 5.82. The molecule has 1 saturated heterocycles. The maximum absolute atomic E-state index is 14.9. The Labute approximate surface area is 189 Å². The van der Waals surface area contributed by atoms with E-state index in [1.807, 2.05) is 6.07 Å². The van der Waals surface area contributed by atoms with Crippen molar-refractivity contribution in [3.05, 3.63) is 58.3 Å². The highest BCUT2D eigenvalue weighted by atomic mass is 19.1. The topological polar surface area (TPSA) is 109 Å². The van der Waals surface area contributed by atoms with Crippen molar-refractivity contribution in [1.82, 2.24) is 15.2 Å². The number of fused-ring (bicyclic) bond motifs is 1. The lowest BCUT2D eigenvalue weighted by Gasteiger charge is -2.23. The number of amides is 1. The van der Waals surface area contributed by atoms with Gasteiger partial charge in [0.1, 0.15) is 11.9 Å². The summed E-state index contributed by atoms with van der Waals surface area (Å²) in [5.41, 5.74) is 2.73. The highest BCUT2D eigenvalue weighted by Crippen LogP contribution is 2.26. The minimum absolute atomic E-state index is 0.0259. The van der Waals surface area contributed by atoms with Crippen LogP contribution in [0.15, 0.2) is 45.6 Å². The molecule has 9 heteroatoms. The number of ether oxygens (including phenoxy) is 1. The van der Waals surface area contributed by atoms with Gasteiger partial charge in [-0.25, -0.2) is 9.18 Å².